The average molecular weight is 345 g/mol. The molecule has 7 heteroatoms. The van der Waals surface area contributed by atoms with Crippen molar-refractivity contribution in [2.75, 3.05) is 0 Å². The number of benzene rings is 1. The van der Waals surface area contributed by atoms with Crippen LogP contribution in [0, 0.1) is 0 Å². The van der Waals surface area contributed by atoms with Gasteiger partial charge < -0.3 is 5.73 Å². The molecule has 0 saturated heterocycles. The second kappa shape index (κ2) is 6.89. The van der Waals surface area contributed by atoms with Crippen LogP contribution in [0.4, 0.5) is 0 Å². The number of nitrogens with one attached hydrogen (secondary N) is 1. The molecule has 0 unspecified atom stereocenters. The van der Waals surface area contributed by atoms with Crippen LogP contribution in [-0.2, 0) is 29.5 Å². The molecule has 2 rings (SSSR count). The summed E-state index contributed by atoms with van der Waals surface area (Å²) in [6.07, 6.45) is 0.879. The molecule has 0 amide bonds. The molecule has 0 fully saturated rings. The number of rotatable bonds is 6. The molecule has 21 heavy (non-hydrogen) atoms. The van der Waals surface area contributed by atoms with E-state index in [1.165, 1.54) is 6.07 Å². The van der Waals surface area contributed by atoms with Crippen LogP contribution in [0.2, 0.25) is 5.02 Å². The number of aryl methyl sites for hydroxylation is 1. The van der Waals surface area contributed by atoms with Crippen LogP contribution in [0.15, 0.2) is 34.5 Å². The van der Waals surface area contributed by atoms with Gasteiger partial charge >= 0.3 is 0 Å². The lowest BCUT2D eigenvalue weighted by Crippen LogP contribution is -2.23. The van der Waals surface area contributed by atoms with Gasteiger partial charge in [-0.05, 0) is 41.1 Å². The number of nitrogens with two attached hydrogens (primary N) is 1. The third kappa shape index (κ3) is 3.84. The van der Waals surface area contributed by atoms with Gasteiger partial charge in [-0.3, -0.25) is 0 Å². The molecule has 1 aromatic carbocycles. The predicted octanol–water partition coefficient (Wildman–Crippen LogP) is 2.90. The van der Waals surface area contributed by atoms with E-state index in [2.05, 4.69) is 4.72 Å². The molecule has 0 atom stereocenters. The van der Waals surface area contributed by atoms with Gasteiger partial charge in [0, 0.05) is 18.0 Å². The van der Waals surface area contributed by atoms with Crippen molar-refractivity contribution in [2.45, 2.75) is 31.3 Å². The monoisotopic (exact) mass is 344 g/mol. The van der Waals surface area contributed by atoms with Gasteiger partial charge in [0.05, 0.1) is 5.02 Å². The van der Waals surface area contributed by atoms with E-state index < -0.39 is 10.0 Å². The molecule has 114 valence electrons. The molecule has 1 heterocycles. The summed E-state index contributed by atoms with van der Waals surface area (Å²) in [5, 5.41) is 2.16. The second-order valence-electron chi connectivity index (χ2n) is 4.52. The molecule has 2 aromatic rings. The quantitative estimate of drug-likeness (QED) is 0.846. The molecule has 0 spiro atoms. The van der Waals surface area contributed by atoms with Crippen LogP contribution >= 0.6 is 22.9 Å². The van der Waals surface area contributed by atoms with Gasteiger partial charge in [-0.1, -0.05) is 24.6 Å². The van der Waals surface area contributed by atoms with E-state index in [0.717, 1.165) is 22.4 Å². The lowest BCUT2D eigenvalue weighted by atomic mass is 10.2. The summed E-state index contributed by atoms with van der Waals surface area (Å²) in [5.41, 5.74) is 7.43. The van der Waals surface area contributed by atoms with E-state index in [9.17, 15) is 8.42 Å². The zero-order valence-electron chi connectivity index (χ0n) is 11.6. The molecule has 0 saturated carbocycles. The first-order chi connectivity index (χ1) is 9.97. The fourth-order valence-electron chi connectivity index (χ4n) is 1.96. The van der Waals surface area contributed by atoms with Crippen molar-refractivity contribution in [1.82, 2.24) is 4.72 Å². The molecule has 4 nitrogen and oxygen atoms in total. The molecule has 0 bridgehead atoms. The highest BCUT2D eigenvalue weighted by molar-refractivity contribution is 7.89. The van der Waals surface area contributed by atoms with E-state index in [1.54, 1.807) is 23.5 Å². The Morgan fingerprint density at radius 2 is 2.10 bits per heavy atom. The maximum Gasteiger partial charge on any atom is 0.242 e. The Bertz CT molecular complexity index is 726. The van der Waals surface area contributed by atoms with Gasteiger partial charge in [0.2, 0.25) is 10.0 Å². The lowest BCUT2D eigenvalue weighted by molar-refractivity contribution is 0.581. The van der Waals surface area contributed by atoms with Crippen molar-refractivity contribution in [1.29, 1.82) is 0 Å². The van der Waals surface area contributed by atoms with Gasteiger partial charge in [0.1, 0.15) is 4.90 Å². The zero-order chi connectivity index (χ0) is 15.5. The maximum absolute atomic E-state index is 12.4. The number of halogens is 1. The molecule has 0 aliphatic rings. The Labute approximate surface area is 134 Å². The minimum absolute atomic E-state index is 0.0710. The van der Waals surface area contributed by atoms with Crippen LogP contribution in [0.5, 0.6) is 0 Å². The summed E-state index contributed by atoms with van der Waals surface area (Å²) < 4.78 is 27.4. The summed E-state index contributed by atoms with van der Waals surface area (Å²) in [4.78, 5) is 1.09. The van der Waals surface area contributed by atoms with Crippen molar-refractivity contribution >= 4 is 33.0 Å². The van der Waals surface area contributed by atoms with Crippen LogP contribution < -0.4 is 10.5 Å². The molecule has 3 N–H and O–H groups in total. The molecular weight excluding hydrogens is 328 g/mol. The van der Waals surface area contributed by atoms with Gasteiger partial charge in [0.25, 0.3) is 0 Å². The number of sulfonamides is 1. The van der Waals surface area contributed by atoms with Crippen molar-refractivity contribution in [3.8, 4) is 0 Å². The molecule has 0 aliphatic heterocycles. The fraction of sp³-hybridized carbons (Fsp3) is 0.286. The minimum atomic E-state index is -3.66. The van der Waals surface area contributed by atoms with Crippen LogP contribution in [0.1, 0.15) is 22.9 Å². The molecule has 0 radical (unpaired) electrons. The van der Waals surface area contributed by atoms with Crippen molar-refractivity contribution in [3.63, 3.8) is 0 Å². The maximum atomic E-state index is 12.4. The number of thiophene rings is 1. The highest BCUT2D eigenvalue weighted by atomic mass is 35.5. The zero-order valence-corrected chi connectivity index (χ0v) is 14.0. The summed E-state index contributed by atoms with van der Waals surface area (Å²) in [6.45, 7) is 2.58. The Morgan fingerprint density at radius 1 is 1.33 bits per heavy atom. The first-order valence-electron chi connectivity index (χ1n) is 6.51. The molecule has 0 aliphatic carbocycles. The Kier molecular flexibility index (Phi) is 5.40. The Balaban J connectivity index is 2.23. The molecular formula is C14H17ClN2O2S2. The summed E-state index contributed by atoms with van der Waals surface area (Å²) in [5.74, 6) is 0. The van der Waals surface area contributed by atoms with Gasteiger partial charge in [-0.2, -0.15) is 0 Å². The standard InChI is InChI=1S/C14H17ClN2O2S2/c1-2-11-5-6-20-13(11)9-17-21(18,19)14-7-10(8-16)3-4-12(14)15/h3-7,17H,2,8-9,16H2,1H3. The van der Waals surface area contributed by atoms with Gasteiger partial charge in [-0.25, -0.2) is 13.1 Å². The number of hydrogen-bond acceptors (Lipinski definition) is 4. The summed E-state index contributed by atoms with van der Waals surface area (Å²) in [6, 6.07) is 6.80. The van der Waals surface area contributed by atoms with Crippen molar-refractivity contribution in [3.05, 3.63) is 50.7 Å². The van der Waals surface area contributed by atoms with Gasteiger partial charge in [-0.15, -0.1) is 11.3 Å². The normalized spacial score (nSPS) is 11.8. The lowest BCUT2D eigenvalue weighted by Gasteiger charge is -2.10. The topological polar surface area (TPSA) is 72.2 Å². The van der Waals surface area contributed by atoms with Crippen molar-refractivity contribution in [2.24, 2.45) is 5.73 Å². The van der Waals surface area contributed by atoms with Gasteiger partial charge in [0.15, 0.2) is 0 Å². The third-order valence-electron chi connectivity index (χ3n) is 3.16. The highest BCUT2D eigenvalue weighted by Gasteiger charge is 2.18. The van der Waals surface area contributed by atoms with E-state index in [4.69, 9.17) is 17.3 Å². The predicted molar refractivity (Wildman–Crippen MR) is 87.1 cm³/mol. The van der Waals surface area contributed by atoms with Crippen LogP contribution in [0.3, 0.4) is 0 Å². The fourth-order valence-corrected chi connectivity index (χ4v) is 4.51. The molecule has 1 aromatic heterocycles. The summed E-state index contributed by atoms with van der Waals surface area (Å²) in [7, 11) is -3.66. The smallest absolute Gasteiger partial charge is 0.242 e. The third-order valence-corrected chi connectivity index (χ3v) is 6.01. The first kappa shape index (κ1) is 16.5. The highest BCUT2D eigenvalue weighted by Crippen LogP contribution is 2.24. The average Bonchev–Trinajstić information content (AvgIpc) is 2.93. The number of hydrogen-bond donors (Lipinski definition) is 2. The Hall–Kier alpha value is -0.920. The van der Waals surface area contributed by atoms with E-state index in [0.29, 0.717) is 0 Å². The van der Waals surface area contributed by atoms with Crippen LogP contribution in [-0.4, -0.2) is 8.42 Å². The van der Waals surface area contributed by atoms with Crippen molar-refractivity contribution < 1.29 is 8.42 Å². The first-order valence-corrected chi connectivity index (χ1v) is 9.25. The largest absolute Gasteiger partial charge is 0.326 e. The van der Waals surface area contributed by atoms with E-state index >= 15 is 0 Å². The summed E-state index contributed by atoms with van der Waals surface area (Å²) >= 11 is 7.54. The SMILES string of the molecule is CCc1ccsc1CNS(=O)(=O)c1cc(CN)ccc1Cl. The Morgan fingerprint density at radius 3 is 2.76 bits per heavy atom. The minimum Gasteiger partial charge on any atom is -0.326 e. The van der Waals surface area contributed by atoms with Crippen LogP contribution in [0.25, 0.3) is 0 Å². The van der Waals surface area contributed by atoms with E-state index in [-0.39, 0.29) is 23.0 Å². The second-order valence-corrected chi connectivity index (χ2v) is 7.66. The van der Waals surface area contributed by atoms with E-state index in [1.807, 2.05) is 18.4 Å².